The molecule has 90 valence electrons. The molecule has 1 aromatic carbocycles. The average molecular weight is 238 g/mol. The minimum Gasteiger partial charge on any atom is -0.361 e. The van der Waals surface area contributed by atoms with Gasteiger partial charge in [0.25, 0.3) is 0 Å². The number of hydrogen-bond acceptors (Lipinski definition) is 3. The molecule has 2 N–H and O–H groups in total. The Morgan fingerprint density at radius 2 is 2.11 bits per heavy atom. The summed E-state index contributed by atoms with van der Waals surface area (Å²) in [7, 11) is 0. The maximum Gasteiger partial charge on any atom is 0.115 e. The van der Waals surface area contributed by atoms with Gasteiger partial charge in [0.05, 0.1) is 5.69 Å². The summed E-state index contributed by atoms with van der Waals surface area (Å²) in [6.07, 6.45) is 5.30. The smallest absolute Gasteiger partial charge is 0.115 e. The maximum atomic E-state index is 4.18. The molecular weight excluding hydrogens is 224 g/mol. The van der Waals surface area contributed by atoms with E-state index in [2.05, 4.69) is 44.5 Å². The topological polar surface area (TPSA) is 53.6 Å². The Kier molecular flexibility index (Phi) is 3.02. The Bertz CT molecular complexity index is 630. The van der Waals surface area contributed by atoms with Crippen LogP contribution in [0.15, 0.2) is 49.1 Å². The Labute approximate surface area is 105 Å². The zero-order valence-corrected chi connectivity index (χ0v) is 9.93. The summed E-state index contributed by atoms with van der Waals surface area (Å²) >= 11 is 0. The summed E-state index contributed by atoms with van der Waals surface area (Å²) in [4.78, 5) is 11.3. The second-order valence-corrected chi connectivity index (χ2v) is 4.16. The first kappa shape index (κ1) is 10.9. The predicted molar refractivity (Wildman–Crippen MR) is 70.9 cm³/mol. The van der Waals surface area contributed by atoms with Crippen molar-refractivity contribution in [1.29, 1.82) is 0 Å². The second kappa shape index (κ2) is 4.98. The fourth-order valence-electron chi connectivity index (χ4n) is 2.05. The lowest BCUT2D eigenvalue weighted by molar-refractivity contribution is 0.680. The zero-order valence-electron chi connectivity index (χ0n) is 9.93. The summed E-state index contributed by atoms with van der Waals surface area (Å²) in [6.45, 7) is 1.59. The van der Waals surface area contributed by atoms with Crippen molar-refractivity contribution in [1.82, 2.24) is 20.3 Å². The van der Waals surface area contributed by atoms with E-state index in [1.807, 2.05) is 12.3 Å². The van der Waals surface area contributed by atoms with Crippen LogP contribution in [0.25, 0.3) is 10.9 Å². The highest BCUT2D eigenvalue weighted by Crippen LogP contribution is 2.16. The molecule has 0 aliphatic rings. The molecule has 0 atom stereocenters. The summed E-state index contributed by atoms with van der Waals surface area (Å²) in [5, 5.41) is 4.67. The van der Waals surface area contributed by atoms with E-state index in [0.29, 0.717) is 0 Å². The number of hydrogen-bond donors (Lipinski definition) is 2. The molecule has 3 rings (SSSR count). The van der Waals surface area contributed by atoms with Gasteiger partial charge < -0.3 is 10.3 Å². The number of fused-ring (bicyclic) bond motifs is 1. The van der Waals surface area contributed by atoms with Crippen LogP contribution in [0, 0.1) is 0 Å². The number of aromatic nitrogens is 3. The van der Waals surface area contributed by atoms with Gasteiger partial charge in [-0.05, 0) is 23.8 Å². The van der Waals surface area contributed by atoms with Crippen LogP contribution >= 0.6 is 0 Å². The van der Waals surface area contributed by atoms with E-state index in [-0.39, 0.29) is 0 Å². The largest absolute Gasteiger partial charge is 0.361 e. The Morgan fingerprint density at radius 1 is 1.11 bits per heavy atom. The number of benzene rings is 1. The third-order valence-corrected chi connectivity index (χ3v) is 2.95. The first-order valence-electron chi connectivity index (χ1n) is 5.94. The minimum absolute atomic E-state index is 0.753. The molecule has 0 aliphatic heterocycles. The number of nitrogens with one attached hydrogen (secondary N) is 2. The molecule has 0 saturated carbocycles. The van der Waals surface area contributed by atoms with Crippen molar-refractivity contribution in [2.75, 3.05) is 0 Å². The lowest BCUT2D eigenvalue weighted by Gasteiger charge is -2.05. The van der Waals surface area contributed by atoms with E-state index in [1.165, 1.54) is 16.5 Å². The predicted octanol–water partition coefficient (Wildman–Crippen LogP) is 2.25. The highest BCUT2D eigenvalue weighted by atomic mass is 14.9. The fourth-order valence-corrected chi connectivity index (χ4v) is 2.05. The van der Waals surface area contributed by atoms with Crippen molar-refractivity contribution in [3.05, 3.63) is 60.3 Å². The van der Waals surface area contributed by atoms with Crippen molar-refractivity contribution in [3.63, 3.8) is 0 Å². The van der Waals surface area contributed by atoms with Gasteiger partial charge in [-0.1, -0.05) is 12.1 Å². The van der Waals surface area contributed by atoms with Crippen LogP contribution in [0.1, 0.15) is 11.3 Å². The Morgan fingerprint density at radius 3 is 3.00 bits per heavy atom. The van der Waals surface area contributed by atoms with Crippen molar-refractivity contribution in [2.45, 2.75) is 13.1 Å². The molecule has 0 aliphatic carbocycles. The molecule has 0 saturated heterocycles. The lowest BCUT2D eigenvalue weighted by Crippen LogP contribution is -2.13. The monoisotopic (exact) mass is 238 g/mol. The molecule has 2 aromatic heterocycles. The van der Waals surface area contributed by atoms with Crippen LogP contribution < -0.4 is 5.32 Å². The molecule has 0 fully saturated rings. The molecule has 4 nitrogen and oxygen atoms in total. The first-order valence-corrected chi connectivity index (χ1v) is 5.94. The number of nitrogens with zero attached hydrogens (tertiary/aromatic N) is 2. The van der Waals surface area contributed by atoms with E-state index in [0.717, 1.165) is 18.8 Å². The minimum atomic E-state index is 0.753. The normalized spacial score (nSPS) is 10.9. The summed E-state index contributed by atoms with van der Waals surface area (Å²) in [6, 6.07) is 10.3. The van der Waals surface area contributed by atoms with E-state index >= 15 is 0 Å². The summed E-state index contributed by atoms with van der Waals surface area (Å²) in [5.74, 6) is 0. The fraction of sp³-hybridized carbons (Fsp3) is 0.143. The summed E-state index contributed by atoms with van der Waals surface area (Å²) in [5.41, 5.74) is 3.48. The Balaban J connectivity index is 1.68. The van der Waals surface area contributed by atoms with Crippen LogP contribution in [0.2, 0.25) is 0 Å². The average Bonchev–Trinajstić information content (AvgIpc) is 2.89. The van der Waals surface area contributed by atoms with Crippen LogP contribution in [0.4, 0.5) is 0 Å². The molecule has 4 heteroatoms. The highest BCUT2D eigenvalue weighted by molar-refractivity contribution is 5.82. The molecule has 0 bridgehead atoms. The van der Waals surface area contributed by atoms with Crippen LogP contribution in [0.5, 0.6) is 0 Å². The molecule has 0 unspecified atom stereocenters. The van der Waals surface area contributed by atoms with Gasteiger partial charge in [0.15, 0.2) is 0 Å². The number of rotatable bonds is 4. The van der Waals surface area contributed by atoms with Gasteiger partial charge >= 0.3 is 0 Å². The molecule has 0 spiro atoms. The third-order valence-electron chi connectivity index (χ3n) is 2.95. The molecular formula is C14H14N4. The van der Waals surface area contributed by atoms with Crippen molar-refractivity contribution < 1.29 is 0 Å². The third kappa shape index (κ3) is 2.24. The molecule has 18 heavy (non-hydrogen) atoms. The van der Waals surface area contributed by atoms with Gasteiger partial charge in [-0.25, -0.2) is 9.97 Å². The van der Waals surface area contributed by atoms with Crippen molar-refractivity contribution >= 4 is 10.9 Å². The molecule has 0 radical (unpaired) electrons. The van der Waals surface area contributed by atoms with Gasteiger partial charge in [-0.2, -0.15) is 0 Å². The van der Waals surface area contributed by atoms with Crippen molar-refractivity contribution in [2.24, 2.45) is 0 Å². The van der Waals surface area contributed by atoms with Crippen LogP contribution in [-0.4, -0.2) is 15.0 Å². The molecule has 2 heterocycles. The van der Waals surface area contributed by atoms with Crippen molar-refractivity contribution in [3.8, 4) is 0 Å². The molecule has 0 amide bonds. The van der Waals surface area contributed by atoms with Gasteiger partial charge in [0.2, 0.25) is 0 Å². The highest BCUT2D eigenvalue weighted by Gasteiger charge is 2.01. The zero-order chi connectivity index (χ0) is 12.2. The van der Waals surface area contributed by atoms with Gasteiger partial charge in [-0.15, -0.1) is 0 Å². The van der Waals surface area contributed by atoms with Gasteiger partial charge in [0.1, 0.15) is 6.33 Å². The standard InChI is InChI=1S/C14H14N4/c1-2-11(13-5-7-17-14(13)3-1)8-16-9-12-4-6-15-10-18-12/h1-7,10,16-17H,8-9H2. The SMILES string of the molecule is c1cc(CNCc2ccncn2)c2cc[nH]c2c1. The van der Waals surface area contributed by atoms with Crippen LogP contribution in [0.3, 0.4) is 0 Å². The molecule has 3 aromatic rings. The van der Waals surface area contributed by atoms with Crippen LogP contribution in [-0.2, 0) is 13.1 Å². The Hall–Kier alpha value is -2.20. The first-order chi connectivity index (χ1) is 8.93. The quantitative estimate of drug-likeness (QED) is 0.733. The second-order valence-electron chi connectivity index (χ2n) is 4.16. The maximum absolute atomic E-state index is 4.18. The van der Waals surface area contributed by atoms with Gasteiger partial charge in [0, 0.05) is 36.4 Å². The van der Waals surface area contributed by atoms with E-state index < -0.39 is 0 Å². The summed E-state index contributed by atoms with van der Waals surface area (Å²) < 4.78 is 0. The van der Waals surface area contributed by atoms with E-state index in [9.17, 15) is 0 Å². The number of aromatic amines is 1. The number of H-pyrrole nitrogens is 1. The van der Waals surface area contributed by atoms with E-state index in [4.69, 9.17) is 0 Å². The van der Waals surface area contributed by atoms with E-state index in [1.54, 1.807) is 12.5 Å². The lowest BCUT2D eigenvalue weighted by atomic mass is 10.1. The van der Waals surface area contributed by atoms with Gasteiger partial charge in [-0.3, -0.25) is 0 Å².